The molecule has 7 heteroatoms. The maximum absolute atomic E-state index is 11.2. The largest absolute Gasteiger partial charge is 0.378 e. The van der Waals surface area contributed by atoms with Crippen LogP contribution >= 0.6 is 0 Å². The van der Waals surface area contributed by atoms with Crippen molar-refractivity contribution in [3.8, 4) is 11.4 Å². The molecule has 0 atom stereocenters. The van der Waals surface area contributed by atoms with Gasteiger partial charge < -0.3 is 20.3 Å². The van der Waals surface area contributed by atoms with Gasteiger partial charge in [-0.3, -0.25) is 4.79 Å². The second kappa shape index (κ2) is 8.70. The maximum atomic E-state index is 11.2. The predicted molar refractivity (Wildman–Crippen MR) is 115 cm³/mol. The second-order valence-electron chi connectivity index (χ2n) is 6.78. The van der Waals surface area contributed by atoms with Crippen molar-refractivity contribution < 1.29 is 9.53 Å². The van der Waals surface area contributed by atoms with Gasteiger partial charge in [-0.15, -0.1) is 0 Å². The first-order chi connectivity index (χ1) is 14.2. The van der Waals surface area contributed by atoms with Crippen LogP contribution in [0.25, 0.3) is 11.4 Å². The minimum absolute atomic E-state index is 0.0934. The first-order valence-electron chi connectivity index (χ1n) is 9.59. The average Bonchev–Trinajstić information content (AvgIpc) is 2.76. The quantitative estimate of drug-likeness (QED) is 0.693. The number of ether oxygens (including phenoxy) is 1. The number of amides is 1. The van der Waals surface area contributed by atoms with Gasteiger partial charge in [0.2, 0.25) is 5.91 Å². The molecule has 1 amide bonds. The second-order valence-corrected chi connectivity index (χ2v) is 6.78. The van der Waals surface area contributed by atoms with E-state index in [0.717, 1.165) is 35.8 Å². The van der Waals surface area contributed by atoms with Gasteiger partial charge in [0.15, 0.2) is 5.82 Å². The van der Waals surface area contributed by atoms with Crippen LogP contribution in [0.4, 0.5) is 23.0 Å². The molecule has 1 aliphatic rings. The fourth-order valence-corrected chi connectivity index (χ4v) is 3.16. The lowest BCUT2D eigenvalue weighted by atomic mass is 10.2. The molecular weight excluding hydrogens is 366 g/mol. The summed E-state index contributed by atoms with van der Waals surface area (Å²) < 4.78 is 5.47. The summed E-state index contributed by atoms with van der Waals surface area (Å²) in [4.78, 5) is 22.9. The van der Waals surface area contributed by atoms with Crippen LogP contribution in [0.2, 0.25) is 0 Å². The molecule has 0 saturated carbocycles. The molecule has 2 N–H and O–H groups in total. The number of rotatable bonds is 5. The summed E-state index contributed by atoms with van der Waals surface area (Å²) in [7, 11) is 0. The van der Waals surface area contributed by atoms with E-state index >= 15 is 0 Å². The minimum Gasteiger partial charge on any atom is -0.378 e. The third-order valence-electron chi connectivity index (χ3n) is 4.56. The molecule has 2 aromatic carbocycles. The van der Waals surface area contributed by atoms with Gasteiger partial charge in [0, 0.05) is 43.0 Å². The van der Waals surface area contributed by atoms with E-state index in [2.05, 4.69) is 15.5 Å². The van der Waals surface area contributed by atoms with Crippen molar-refractivity contribution in [2.75, 3.05) is 41.8 Å². The maximum Gasteiger partial charge on any atom is 0.221 e. The van der Waals surface area contributed by atoms with Crippen molar-refractivity contribution in [1.82, 2.24) is 9.97 Å². The van der Waals surface area contributed by atoms with Gasteiger partial charge in [0.05, 0.1) is 13.2 Å². The highest BCUT2D eigenvalue weighted by molar-refractivity contribution is 5.88. The number of carbonyl (C=O) groups excluding carboxylic acids is 1. The number of aromatic nitrogens is 2. The van der Waals surface area contributed by atoms with Crippen LogP contribution in [0.1, 0.15) is 6.92 Å². The SMILES string of the molecule is CC(=O)Nc1ccc(Nc2cc(N3CCOCC3)nc(-c3ccccc3)n2)cc1. The monoisotopic (exact) mass is 389 g/mol. The zero-order valence-electron chi connectivity index (χ0n) is 16.3. The van der Waals surface area contributed by atoms with Crippen LogP contribution in [0, 0.1) is 0 Å². The molecule has 0 unspecified atom stereocenters. The van der Waals surface area contributed by atoms with Crippen molar-refractivity contribution in [2.45, 2.75) is 6.92 Å². The number of hydrogen-bond acceptors (Lipinski definition) is 6. The molecule has 29 heavy (non-hydrogen) atoms. The lowest BCUT2D eigenvalue weighted by molar-refractivity contribution is -0.114. The molecule has 1 saturated heterocycles. The van der Waals surface area contributed by atoms with Crippen LogP contribution < -0.4 is 15.5 Å². The van der Waals surface area contributed by atoms with Gasteiger partial charge in [-0.25, -0.2) is 9.97 Å². The van der Waals surface area contributed by atoms with Crippen molar-refractivity contribution in [2.24, 2.45) is 0 Å². The molecule has 1 aromatic heterocycles. The molecule has 1 aliphatic heterocycles. The van der Waals surface area contributed by atoms with Gasteiger partial charge in [-0.2, -0.15) is 0 Å². The lowest BCUT2D eigenvalue weighted by Gasteiger charge is -2.28. The molecule has 0 aliphatic carbocycles. The van der Waals surface area contributed by atoms with E-state index in [1.54, 1.807) is 0 Å². The third kappa shape index (κ3) is 4.89. The molecular formula is C22H23N5O2. The molecule has 3 aromatic rings. The van der Waals surface area contributed by atoms with Crippen LogP contribution in [-0.4, -0.2) is 42.2 Å². The number of hydrogen-bond donors (Lipinski definition) is 2. The highest BCUT2D eigenvalue weighted by Crippen LogP contribution is 2.25. The lowest BCUT2D eigenvalue weighted by Crippen LogP contribution is -2.36. The van der Waals surface area contributed by atoms with Crippen molar-refractivity contribution in [3.05, 3.63) is 60.7 Å². The van der Waals surface area contributed by atoms with E-state index in [0.29, 0.717) is 24.9 Å². The standard InChI is InChI=1S/C22H23N5O2/c1-16(28)23-18-7-9-19(10-8-18)24-20-15-21(27-11-13-29-14-12-27)26-22(25-20)17-5-3-2-4-6-17/h2-10,15H,11-14H2,1H3,(H,23,28)(H,24,25,26). The Kier molecular flexibility index (Phi) is 5.67. The molecule has 1 fully saturated rings. The van der Waals surface area contributed by atoms with E-state index in [1.807, 2.05) is 60.7 Å². The molecule has 0 spiro atoms. The number of nitrogens with one attached hydrogen (secondary N) is 2. The van der Waals surface area contributed by atoms with E-state index < -0.39 is 0 Å². The van der Waals surface area contributed by atoms with Crippen molar-refractivity contribution in [1.29, 1.82) is 0 Å². The summed E-state index contributed by atoms with van der Waals surface area (Å²) in [6.07, 6.45) is 0. The Balaban J connectivity index is 1.63. The Morgan fingerprint density at radius 2 is 1.66 bits per heavy atom. The van der Waals surface area contributed by atoms with E-state index in [-0.39, 0.29) is 5.91 Å². The Bertz CT molecular complexity index is 970. The van der Waals surface area contributed by atoms with Gasteiger partial charge in [-0.1, -0.05) is 30.3 Å². The van der Waals surface area contributed by atoms with E-state index in [9.17, 15) is 4.79 Å². The van der Waals surface area contributed by atoms with E-state index in [1.165, 1.54) is 6.92 Å². The summed E-state index contributed by atoms with van der Waals surface area (Å²) in [6.45, 7) is 4.48. The number of carbonyl (C=O) groups is 1. The smallest absolute Gasteiger partial charge is 0.221 e. The first-order valence-corrected chi connectivity index (χ1v) is 9.59. The normalized spacial score (nSPS) is 13.8. The van der Waals surface area contributed by atoms with Crippen LogP contribution in [0.5, 0.6) is 0 Å². The predicted octanol–water partition coefficient (Wildman–Crippen LogP) is 3.68. The van der Waals surface area contributed by atoms with Gasteiger partial charge >= 0.3 is 0 Å². The number of anilines is 4. The van der Waals surface area contributed by atoms with Gasteiger partial charge in [0.25, 0.3) is 0 Å². The fraction of sp³-hybridized carbons (Fsp3) is 0.227. The minimum atomic E-state index is -0.0934. The third-order valence-corrected chi connectivity index (χ3v) is 4.56. The Hall–Kier alpha value is -3.45. The Labute approximate surface area is 169 Å². The van der Waals surface area contributed by atoms with Gasteiger partial charge in [-0.05, 0) is 24.3 Å². The summed E-state index contributed by atoms with van der Waals surface area (Å²) in [5, 5.41) is 6.12. The molecule has 0 radical (unpaired) electrons. The Morgan fingerprint density at radius 3 is 2.34 bits per heavy atom. The first kappa shape index (κ1) is 18.9. The Morgan fingerprint density at radius 1 is 0.966 bits per heavy atom. The van der Waals surface area contributed by atoms with Crippen LogP contribution in [-0.2, 0) is 9.53 Å². The molecule has 148 valence electrons. The van der Waals surface area contributed by atoms with Crippen molar-refractivity contribution in [3.63, 3.8) is 0 Å². The van der Waals surface area contributed by atoms with Gasteiger partial charge in [0.1, 0.15) is 11.6 Å². The highest BCUT2D eigenvalue weighted by atomic mass is 16.5. The van der Waals surface area contributed by atoms with Crippen LogP contribution in [0.15, 0.2) is 60.7 Å². The summed E-state index contributed by atoms with van der Waals surface area (Å²) in [6, 6.07) is 19.4. The zero-order valence-corrected chi connectivity index (χ0v) is 16.3. The molecule has 2 heterocycles. The zero-order chi connectivity index (χ0) is 20.1. The fourth-order valence-electron chi connectivity index (χ4n) is 3.16. The molecule has 7 nitrogen and oxygen atoms in total. The van der Waals surface area contributed by atoms with Crippen LogP contribution in [0.3, 0.4) is 0 Å². The summed E-state index contributed by atoms with van der Waals surface area (Å²) in [5.74, 6) is 2.17. The van der Waals surface area contributed by atoms with E-state index in [4.69, 9.17) is 14.7 Å². The number of benzene rings is 2. The molecule has 0 bridgehead atoms. The summed E-state index contributed by atoms with van der Waals surface area (Å²) in [5.41, 5.74) is 2.60. The molecule has 4 rings (SSSR count). The number of morpholine rings is 1. The van der Waals surface area contributed by atoms with Crippen molar-refractivity contribution >= 4 is 28.9 Å². The average molecular weight is 389 g/mol. The topological polar surface area (TPSA) is 79.4 Å². The number of nitrogens with zero attached hydrogens (tertiary/aromatic N) is 3. The summed E-state index contributed by atoms with van der Waals surface area (Å²) >= 11 is 0. The highest BCUT2D eigenvalue weighted by Gasteiger charge is 2.16.